The number of hydrogen-bond donors (Lipinski definition) is 0. The van der Waals surface area contributed by atoms with E-state index in [4.69, 9.17) is 0 Å². The lowest BCUT2D eigenvalue weighted by Crippen LogP contribution is -2.25. The molecule has 0 saturated heterocycles. The lowest BCUT2D eigenvalue weighted by Gasteiger charge is -2.20. The molecule has 0 fully saturated rings. The molecule has 1 heterocycles. The number of benzene rings is 1. The van der Waals surface area contributed by atoms with Gasteiger partial charge >= 0.3 is 0 Å². The van der Waals surface area contributed by atoms with Crippen molar-refractivity contribution in [2.24, 2.45) is 0 Å². The second-order valence-electron chi connectivity index (χ2n) is 4.77. The molecule has 0 aliphatic rings. The zero-order valence-electron chi connectivity index (χ0n) is 11.0. The van der Waals surface area contributed by atoms with E-state index in [9.17, 15) is 0 Å². The predicted molar refractivity (Wildman–Crippen MR) is 78.2 cm³/mol. The molecule has 96 valence electrons. The van der Waals surface area contributed by atoms with Crippen molar-refractivity contribution in [3.63, 3.8) is 0 Å². The van der Waals surface area contributed by atoms with Crippen LogP contribution in [0, 0.1) is 0 Å². The lowest BCUT2D eigenvalue weighted by molar-refractivity contribution is 0.320. The molecule has 0 aliphatic carbocycles. The third-order valence-corrected chi connectivity index (χ3v) is 4.09. The van der Waals surface area contributed by atoms with E-state index in [-0.39, 0.29) is 0 Å². The van der Waals surface area contributed by atoms with Crippen molar-refractivity contribution in [2.75, 3.05) is 20.1 Å². The standard InChI is InChI=1S/C15H20N2S/c1-13(15-16-9-11-18-15)12-17(2)10-8-14-6-4-3-5-7-14/h3-7,9,11,13H,8,10,12H2,1-2H3/t13-/m0/s1. The fraction of sp³-hybridized carbons (Fsp3) is 0.400. The first-order valence-electron chi connectivity index (χ1n) is 6.37. The number of likely N-dealkylation sites (N-methyl/N-ethyl adjacent to an activating group) is 1. The van der Waals surface area contributed by atoms with E-state index < -0.39 is 0 Å². The SMILES string of the molecule is C[C@@H](CN(C)CCc1ccccc1)c1nccs1. The Morgan fingerprint density at radius 2 is 2.06 bits per heavy atom. The van der Waals surface area contributed by atoms with Gasteiger partial charge in [-0.15, -0.1) is 11.3 Å². The molecule has 1 atom stereocenters. The Kier molecular flexibility index (Phi) is 4.90. The van der Waals surface area contributed by atoms with Crippen molar-refractivity contribution in [2.45, 2.75) is 19.3 Å². The molecule has 3 heteroatoms. The molecule has 0 aliphatic heterocycles. The monoisotopic (exact) mass is 260 g/mol. The Bertz CT molecular complexity index is 439. The largest absolute Gasteiger partial charge is 0.305 e. The molecule has 18 heavy (non-hydrogen) atoms. The number of nitrogens with zero attached hydrogens (tertiary/aromatic N) is 2. The van der Waals surface area contributed by atoms with Gasteiger partial charge in [-0.05, 0) is 19.0 Å². The van der Waals surface area contributed by atoms with Crippen LogP contribution < -0.4 is 0 Å². The van der Waals surface area contributed by atoms with Crippen LogP contribution in [0.1, 0.15) is 23.4 Å². The zero-order valence-corrected chi connectivity index (χ0v) is 11.9. The van der Waals surface area contributed by atoms with Crippen LogP contribution in [-0.4, -0.2) is 30.0 Å². The Morgan fingerprint density at radius 1 is 1.28 bits per heavy atom. The number of aromatic nitrogens is 1. The average molecular weight is 260 g/mol. The van der Waals surface area contributed by atoms with Gasteiger partial charge in [0.25, 0.3) is 0 Å². The van der Waals surface area contributed by atoms with Crippen LogP contribution in [0.2, 0.25) is 0 Å². The van der Waals surface area contributed by atoms with Gasteiger partial charge < -0.3 is 4.90 Å². The van der Waals surface area contributed by atoms with Crippen LogP contribution in [0.5, 0.6) is 0 Å². The van der Waals surface area contributed by atoms with Crippen molar-refractivity contribution in [1.82, 2.24) is 9.88 Å². The number of rotatable bonds is 6. The van der Waals surface area contributed by atoms with E-state index in [1.807, 2.05) is 6.20 Å². The average Bonchev–Trinajstić information content (AvgIpc) is 2.91. The molecule has 0 bridgehead atoms. The van der Waals surface area contributed by atoms with Crippen LogP contribution in [0.4, 0.5) is 0 Å². The summed E-state index contributed by atoms with van der Waals surface area (Å²) in [5.41, 5.74) is 1.41. The lowest BCUT2D eigenvalue weighted by atomic mass is 10.1. The van der Waals surface area contributed by atoms with Crippen LogP contribution in [0.15, 0.2) is 41.9 Å². The van der Waals surface area contributed by atoms with E-state index in [1.54, 1.807) is 11.3 Å². The predicted octanol–water partition coefficient (Wildman–Crippen LogP) is 3.42. The third-order valence-electron chi connectivity index (χ3n) is 3.08. The molecule has 0 radical (unpaired) electrons. The van der Waals surface area contributed by atoms with Crippen molar-refractivity contribution < 1.29 is 0 Å². The van der Waals surface area contributed by atoms with Gasteiger partial charge in [0.05, 0.1) is 5.01 Å². The fourth-order valence-electron chi connectivity index (χ4n) is 2.08. The van der Waals surface area contributed by atoms with Gasteiger partial charge in [-0.2, -0.15) is 0 Å². The Hall–Kier alpha value is -1.19. The van der Waals surface area contributed by atoms with Crippen molar-refractivity contribution in [3.8, 4) is 0 Å². The normalized spacial score (nSPS) is 12.8. The summed E-state index contributed by atoms with van der Waals surface area (Å²) in [7, 11) is 2.19. The van der Waals surface area contributed by atoms with Crippen LogP contribution in [0.25, 0.3) is 0 Å². The molecule has 0 amide bonds. The van der Waals surface area contributed by atoms with E-state index >= 15 is 0 Å². The number of hydrogen-bond acceptors (Lipinski definition) is 3. The summed E-state index contributed by atoms with van der Waals surface area (Å²) in [6, 6.07) is 10.7. The molecule has 0 N–H and O–H groups in total. The van der Waals surface area contributed by atoms with Gasteiger partial charge in [0.1, 0.15) is 0 Å². The molecule has 1 aromatic heterocycles. The zero-order chi connectivity index (χ0) is 12.8. The summed E-state index contributed by atoms with van der Waals surface area (Å²) in [5.74, 6) is 0.519. The Morgan fingerprint density at radius 3 is 2.72 bits per heavy atom. The van der Waals surface area contributed by atoms with Gasteiger partial charge in [0.15, 0.2) is 0 Å². The minimum Gasteiger partial charge on any atom is -0.305 e. The molecule has 0 unspecified atom stereocenters. The molecule has 2 nitrogen and oxygen atoms in total. The first-order chi connectivity index (χ1) is 8.75. The fourth-order valence-corrected chi connectivity index (χ4v) is 2.77. The van der Waals surface area contributed by atoms with Gasteiger partial charge in [-0.25, -0.2) is 4.98 Å². The molecule has 0 saturated carbocycles. The summed E-state index contributed by atoms with van der Waals surface area (Å²) in [6.07, 6.45) is 3.00. The highest BCUT2D eigenvalue weighted by Crippen LogP contribution is 2.18. The van der Waals surface area contributed by atoms with Crippen molar-refractivity contribution in [1.29, 1.82) is 0 Å². The second kappa shape index (κ2) is 6.66. The smallest absolute Gasteiger partial charge is 0.0965 e. The van der Waals surface area contributed by atoms with Gasteiger partial charge in [0, 0.05) is 30.6 Å². The van der Waals surface area contributed by atoms with E-state index in [0.717, 1.165) is 19.5 Å². The summed E-state index contributed by atoms with van der Waals surface area (Å²) >= 11 is 1.75. The van der Waals surface area contributed by atoms with Crippen LogP contribution >= 0.6 is 11.3 Å². The molecular weight excluding hydrogens is 240 g/mol. The number of thiazole rings is 1. The summed E-state index contributed by atoms with van der Waals surface area (Å²) in [4.78, 5) is 6.77. The first-order valence-corrected chi connectivity index (χ1v) is 7.25. The maximum Gasteiger partial charge on any atom is 0.0965 e. The summed E-state index contributed by atoms with van der Waals surface area (Å²) in [5, 5.41) is 3.29. The highest BCUT2D eigenvalue weighted by Gasteiger charge is 2.10. The third kappa shape index (κ3) is 3.93. The molecule has 0 spiro atoms. The van der Waals surface area contributed by atoms with E-state index in [1.165, 1.54) is 10.6 Å². The van der Waals surface area contributed by atoms with Crippen LogP contribution in [-0.2, 0) is 6.42 Å². The van der Waals surface area contributed by atoms with Gasteiger partial charge in [-0.1, -0.05) is 37.3 Å². The minimum atomic E-state index is 0.519. The second-order valence-corrected chi connectivity index (χ2v) is 5.70. The Labute approximate surface area is 113 Å². The summed E-state index contributed by atoms with van der Waals surface area (Å²) in [6.45, 7) is 4.41. The Balaban J connectivity index is 1.77. The molecule has 1 aromatic carbocycles. The van der Waals surface area contributed by atoms with Gasteiger partial charge in [0.2, 0.25) is 0 Å². The molecule has 2 rings (SSSR count). The van der Waals surface area contributed by atoms with Gasteiger partial charge in [-0.3, -0.25) is 0 Å². The van der Waals surface area contributed by atoms with Crippen molar-refractivity contribution in [3.05, 3.63) is 52.5 Å². The molecular formula is C15H20N2S. The molecule has 2 aromatic rings. The highest BCUT2D eigenvalue weighted by molar-refractivity contribution is 7.09. The topological polar surface area (TPSA) is 16.1 Å². The minimum absolute atomic E-state index is 0.519. The van der Waals surface area contributed by atoms with E-state index in [2.05, 4.69) is 59.6 Å². The summed E-state index contributed by atoms with van der Waals surface area (Å²) < 4.78 is 0. The van der Waals surface area contributed by atoms with Crippen LogP contribution in [0.3, 0.4) is 0 Å². The maximum absolute atomic E-state index is 4.38. The van der Waals surface area contributed by atoms with Crippen molar-refractivity contribution >= 4 is 11.3 Å². The first kappa shape index (κ1) is 13.2. The maximum atomic E-state index is 4.38. The van der Waals surface area contributed by atoms with E-state index in [0.29, 0.717) is 5.92 Å². The quantitative estimate of drug-likeness (QED) is 0.791. The highest BCUT2D eigenvalue weighted by atomic mass is 32.1.